The standard InChI is InChI=1S/C11H6F6O3/c12-9(13,7(18)6-4-2-1-3-5-6)11(16,17)10(14,15)8(19)20/h1-5H,(H,19,20). The highest BCUT2D eigenvalue weighted by molar-refractivity contribution is 6.02. The van der Waals surface area contributed by atoms with Crippen molar-refractivity contribution < 1.29 is 41.0 Å². The molecule has 0 spiro atoms. The average molecular weight is 300 g/mol. The SMILES string of the molecule is O=C(O)C(F)(F)C(F)(F)C(F)(F)C(=O)c1ccccc1. The second-order valence-corrected chi connectivity index (χ2v) is 3.72. The van der Waals surface area contributed by atoms with Gasteiger partial charge in [0.25, 0.3) is 0 Å². The highest BCUT2D eigenvalue weighted by Crippen LogP contribution is 2.47. The van der Waals surface area contributed by atoms with E-state index in [2.05, 4.69) is 0 Å². The van der Waals surface area contributed by atoms with Crippen molar-refractivity contribution in [1.82, 2.24) is 0 Å². The third kappa shape index (κ3) is 2.23. The van der Waals surface area contributed by atoms with Crippen molar-refractivity contribution >= 4 is 11.8 Å². The van der Waals surface area contributed by atoms with Crippen LogP contribution in [0.25, 0.3) is 0 Å². The van der Waals surface area contributed by atoms with Crippen LogP contribution in [0.4, 0.5) is 26.3 Å². The van der Waals surface area contributed by atoms with E-state index in [-0.39, 0.29) is 0 Å². The lowest BCUT2D eigenvalue weighted by molar-refractivity contribution is -0.285. The number of hydrogen-bond donors (Lipinski definition) is 1. The molecule has 0 atom stereocenters. The zero-order valence-corrected chi connectivity index (χ0v) is 9.42. The molecule has 110 valence electrons. The molecular weight excluding hydrogens is 294 g/mol. The first kappa shape index (κ1) is 16.0. The molecule has 0 aromatic heterocycles. The minimum Gasteiger partial charge on any atom is -0.477 e. The molecule has 0 aliphatic heterocycles. The average Bonchev–Trinajstić information content (AvgIpc) is 2.38. The van der Waals surface area contributed by atoms with Crippen LogP contribution in [0, 0.1) is 0 Å². The highest BCUT2D eigenvalue weighted by Gasteiger charge is 2.78. The Labute approximate surface area is 107 Å². The Kier molecular flexibility index (Phi) is 3.84. The predicted octanol–water partition coefficient (Wildman–Crippen LogP) is 2.86. The lowest BCUT2D eigenvalue weighted by Gasteiger charge is -2.29. The summed E-state index contributed by atoms with van der Waals surface area (Å²) in [5.74, 6) is -24.4. The summed E-state index contributed by atoms with van der Waals surface area (Å²) < 4.78 is 78.1. The third-order valence-corrected chi connectivity index (χ3v) is 2.38. The number of carboxylic acids is 1. The fraction of sp³-hybridized carbons (Fsp3) is 0.273. The summed E-state index contributed by atoms with van der Waals surface area (Å²) in [5.41, 5.74) is -0.946. The van der Waals surface area contributed by atoms with Crippen molar-refractivity contribution in [3.63, 3.8) is 0 Å². The number of rotatable bonds is 5. The number of carboxylic acid groups (broad SMARTS) is 1. The van der Waals surface area contributed by atoms with Crippen molar-refractivity contribution in [1.29, 1.82) is 0 Å². The number of ketones is 1. The van der Waals surface area contributed by atoms with Gasteiger partial charge in [0.05, 0.1) is 0 Å². The van der Waals surface area contributed by atoms with E-state index >= 15 is 0 Å². The zero-order valence-electron chi connectivity index (χ0n) is 9.42. The molecule has 9 heteroatoms. The summed E-state index contributed by atoms with van der Waals surface area (Å²) in [6.45, 7) is 0. The summed E-state index contributed by atoms with van der Waals surface area (Å²) in [6.07, 6.45) is 0. The summed E-state index contributed by atoms with van der Waals surface area (Å²) in [4.78, 5) is 21.2. The van der Waals surface area contributed by atoms with Crippen LogP contribution in [0.3, 0.4) is 0 Å². The molecule has 1 aromatic carbocycles. The van der Waals surface area contributed by atoms with Gasteiger partial charge in [0.2, 0.25) is 5.78 Å². The number of benzene rings is 1. The Morgan fingerprint density at radius 2 is 1.30 bits per heavy atom. The monoisotopic (exact) mass is 300 g/mol. The van der Waals surface area contributed by atoms with E-state index in [1.54, 1.807) is 0 Å². The Balaban J connectivity index is 3.28. The Hall–Kier alpha value is -2.06. The molecule has 1 rings (SSSR count). The molecule has 0 aliphatic rings. The molecule has 3 nitrogen and oxygen atoms in total. The summed E-state index contributed by atoms with van der Waals surface area (Å²) in [5, 5.41) is 7.92. The normalized spacial score (nSPS) is 13.1. The molecule has 1 N–H and O–H groups in total. The van der Waals surface area contributed by atoms with Gasteiger partial charge in [-0.15, -0.1) is 0 Å². The van der Waals surface area contributed by atoms with Crippen LogP contribution in [0.2, 0.25) is 0 Å². The predicted molar refractivity (Wildman–Crippen MR) is 53.2 cm³/mol. The maximum atomic E-state index is 13.3. The minimum atomic E-state index is -6.38. The first-order chi connectivity index (χ1) is 8.96. The van der Waals surface area contributed by atoms with Gasteiger partial charge in [0.1, 0.15) is 0 Å². The fourth-order valence-electron chi connectivity index (χ4n) is 1.24. The van der Waals surface area contributed by atoms with Crippen molar-refractivity contribution in [2.24, 2.45) is 0 Å². The van der Waals surface area contributed by atoms with E-state index in [0.29, 0.717) is 12.1 Å². The number of aliphatic carboxylic acids is 1. The van der Waals surface area contributed by atoms with Gasteiger partial charge in [0.15, 0.2) is 0 Å². The van der Waals surface area contributed by atoms with Gasteiger partial charge >= 0.3 is 23.7 Å². The van der Waals surface area contributed by atoms with Crippen LogP contribution in [0.15, 0.2) is 30.3 Å². The van der Waals surface area contributed by atoms with E-state index in [4.69, 9.17) is 5.11 Å². The fourth-order valence-corrected chi connectivity index (χ4v) is 1.24. The topological polar surface area (TPSA) is 54.4 Å². The Morgan fingerprint density at radius 3 is 1.70 bits per heavy atom. The molecule has 0 heterocycles. The molecule has 0 unspecified atom stereocenters. The van der Waals surface area contributed by atoms with Crippen molar-refractivity contribution in [2.75, 3.05) is 0 Å². The van der Waals surface area contributed by atoms with Gasteiger partial charge in [-0.2, -0.15) is 26.3 Å². The van der Waals surface area contributed by atoms with Gasteiger partial charge in [-0.05, 0) is 0 Å². The van der Waals surface area contributed by atoms with Gasteiger partial charge in [-0.1, -0.05) is 30.3 Å². The number of carbonyl (C=O) groups excluding carboxylic acids is 1. The van der Waals surface area contributed by atoms with Crippen molar-refractivity contribution in [2.45, 2.75) is 17.8 Å². The van der Waals surface area contributed by atoms with Gasteiger partial charge in [0, 0.05) is 5.56 Å². The maximum Gasteiger partial charge on any atom is 0.411 e. The first-order valence-electron chi connectivity index (χ1n) is 4.93. The van der Waals surface area contributed by atoms with Crippen LogP contribution in [0.5, 0.6) is 0 Å². The zero-order chi connectivity index (χ0) is 15.8. The summed E-state index contributed by atoms with van der Waals surface area (Å²) in [7, 11) is 0. The summed E-state index contributed by atoms with van der Waals surface area (Å²) in [6, 6.07) is 4.81. The third-order valence-electron chi connectivity index (χ3n) is 2.38. The van der Waals surface area contributed by atoms with Gasteiger partial charge < -0.3 is 5.11 Å². The molecule has 0 fully saturated rings. The van der Waals surface area contributed by atoms with Crippen LogP contribution in [-0.2, 0) is 4.79 Å². The number of Topliss-reactive ketones (excluding diaryl/α,β-unsaturated/α-hetero) is 1. The smallest absolute Gasteiger partial charge is 0.411 e. The quantitative estimate of drug-likeness (QED) is 0.672. The number of carbonyl (C=O) groups is 2. The molecule has 0 saturated carbocycles. The van der Waals surface area contributed by atoms with Crippen LogP contribution in [0.1, 0.15) is 10.4 Å². The van der Waals surface area contributed by atoms with Gasteiger partial charge in [-0.3, -0.25) is 4.79 Å². The van der Waals surface area contributed by atoms with Crippen LogP contribution < -0.4 is 0 Å². The maximum absolute atomic E-state index is 13.3. The molecule has 0 saturated heterocycles. The van der Waals surface area contributed by atoms with Crippen molar-refractivity contribution in [3.8, 4) is 0 Å². The molecule has 0 aliphatic carbocycles. The lowest BCUT2D eigenvalue weighted by atomic mass is 9.96. The highest BCUT2D eigenvalue weighted by atomic mass is 19.3. The van der Waals surface area contributed by atoms with E-state index in [1.807, 2.05) is 0 Å². The van der Waals surface area contributed by atoms with E-state index < -0.39 is 35.1 Å². The number of alkyl halides is 6. The largest absolute Gasteiger partial charge is 0.477 e. The van der Waals surface area contributed by atoms with E-state index in [9.17, 15) is 35.9 Å². The summed E-state index contributed by atoms with van der Waals surface area (Å²) >= 11 is 0. The van der Waals surface area contributed by atoms with Gasteiger partial charge in [-0.25, -0.2) is 4.79 Å². The Morgan fingerprint density at radius 1 is 0.850 bits per heavy atom. The van der Waals surface area contributed by atoms with E-state index in [1.165, 1.54) is 6.07 Å². The molecule has 0 bridgehead atoms. The number of hydrogen-bond acceptors (Lipinski definition) is 2. The molecular formula is C11H6F6O3. The molecule has 0 radical (unpaired) electrons. The second kappa shape index (κ2) is 4.80. The number of halogens is 6. The van der Waals surface area contributed by atoms with E-state index in [0.717, 1.165) is 12.1 Å². The lowest BCUT2D eigenvalue weighted by Crippen LogP contribution is -2.60. The first-order valence-corrected chi connectivity index (χ1v) is 4.93. The molecule has 0 amide bonds. The van der Waals surface area contributed by atoms with Crippen LogP contribution >= 0.6 is 0 Å². The second-order valence-electron chi connectivity index (χ2n) is 3.72. The molecule has 20 heavy (non-hydrogen) atoms. The van der Waals surface area contributed by atoms with Crippen molar-refractivity contribution in [3.05, 3.63) is 35.9 Å². The van der Waals surface area contributed by atoms with Crippen LogP contribution in [-0.4, -0.2) is 34.6 Å². The minimum absolute atomic E-state index is 0.714. The molecule has 1 aromatic rings. The Bertz CT molecular complexity index is 526.